The van der Waals surface area contributed by atoms with Crippen molar-refractivity contribution in [2.45, 2.75) is 32.1 Å². The predicted molar refractivity (Wildman–Crippen MR) is 98.3 cm³/mol. The molecule has 3 nitrogen and oxygen atoms in total. The van der Waals surface area contributed by atoms with Gasteiger partial charge in [-0.25, -0.2) is 0 Å². The third kappa shape index (κ3) is 6.36. The normalized spacial score (nSPS) is 15.2. The van der Waals surface area contributed by atoms with Gasteiger partial charge in [-0.05, 0) is 24.8 Å². The number of hydrogen-bond acceptors (Lipinski definition) is 3. The summed E-state index contributed by atoms with van der Waals surface area (Å²) in [5.74, 6) is 0.488. The third-order valence-corrected chi connectivity index (χ3v) is 5.29. The zero-order valence-corrected chi connectivity index (χ0v) is 14.6. The Bertz CT molecular complexity index is 471. The van der Waals surface area contributed by atoms with E-state index in [-0.39, 0.29) is 5.91 Å². The van der Waals surface area contributed by atoms with Gasteiger partial charge in [-0.15, -0.1) is 0 Å². The molecule has 1 amide bonds. The maximum absolute atomic E-state index is 11.9. The number of nitrogens with one attached hydrogen (secondary N) is 1. The van der Waals surface area contributed by atoms with E-state index >= 15 is 0 Å². The summed E-state index contributed by atoms with van der Waals surface area (Å²) in [6, 6.07) is 10.2. The largest absolute Gasteiger partial charge is 0.358 e. The van der Waals surface area contributed by atoms with Crippen LogP contribution in [0.25, 0.3) is 0 Å². The molecule has 1 heterocycles. The summed E-state index contributed by atoms with van der Waals surface area (Å²) < 4.78 is 0.875. The highest BCUT2D eigenvalue weighted by atomic mass is 32.2. The molecule has 2 rings (SSSR count). The average molecular weight is 337 g/mol. The number of carbonyl (C=O) groups excluding carboxylic acids is 1. The summed E-state index contributed by atoms with van der Waals surface area (Å²) in [5.41, 5.74) is 1.25. The van der Waals surface area contributed by atoms with Gasteiger partial charge in [-0.3, -0.25) is 4.79 Å². The molecule has 1 N–H and O–H groups in total. The Hall–Kier alpha value is -1.07. The summed E-state index contributed by atoms with van der Waals surface area (Å²) in [4.78, 5) is 14.1. The van der Waals surface area contributed by atoms with Gasteiger partial charge in [0.05, 0.1) is 5.75 Å². The van der Waals surface area contributed by atoms with E-state index in [0.29, 0.717) is 12.3 Å². The first-order valence-corrected chi connectivity index (χ1v) is 9.37. The lowest BCUT2D eigenvalue weighted by Gasteiger charge is -2.22. The molecule has 0 saturated carbocycles. The second kappa shape index (κ2) is 9.85. The Labute approximate surface area is 142 Å². The van der Waals surface area contributed by atoms with Crippen LogP contribution < -0.4 is 5.32 Å². The van der Waals surface area contributed by atoms with E-state index in [9.17, 15) is 4.79 Å². The van der Waals surface area contributed by atoms with Gasteiger partial charge in [0.2, 0.25) is 5.91 Å². The molecule has 0 aromatic heterocycles. The van der Waals surface area contributed by atoms with Gasteiger partial charge in [0, 0.05) is 19.6 Å². The van der Waals surface area contributed by atoms with Crippen molar-refractivity contribution in [3.05, 3.63) is 35.9 Å². The smallest absolute Gasteiger partial charge is 0.230 e. The Kier molecular flexibility index (Phi) is 7.74. The van der Waals surface area contributed by atoms with Crippen molar-refractivity contribution in [3.8, 4) is 0 Å². The molecule has 1 saturated heterocycles. The van der Waals surface area contributed by atoms with Crippen LogP contribution in [-0.4, -0.2) is 40.5 Å². The Balaban J connectivity index is 1.61. The quantitative estimate of drug-likeness (QED) is 0.837. The minimum Gasteiger partial charge on any atom is -0.358 e. The molecule has 0 atom stereocenters. The van der Waals surface area contributed by atoms with Gasteiger partial charge in [0.15, 0.2) is 0 Å². The molecule has 0 spiro atoms. The first kappa shape index (κ1) is 17.3. The van der Waals surface area contributed by atoms with Crippen molar-refractivity contribution >= 4 is 34.2 Å². The molecule has 1 aromatic carbocycles. The molecule has 120 valence electrons. The monoisotopic (exact) mass is 336 g/mol. The van der Waals surface area contributed by atoms with Crippen LogP contribution in [0, 0.1) is 0 Å². The Morgan fingerprint density at radius 3 is 2.50 bits per heavy atom. The number of hydrogen-bond donors (Lipinski definition) is 1. The predicted octanol–water partition coefficient (Wildman–Crippen LogP) is 3.24. The van der Waals surface area contributed by atoms with Crippen molar-refractivity contribution in [2.75, 3.05) is 25.4 Å². The van der Waals surface area contributed by atoms with E-state index in [1.807, 2.05) is 18.2 Å². The summed E-state index contributed by atoms with van der Waals surface area (Å²) >= 11 is 6.94. The van der Waals surface area contributed by atoms with Crippen molar-refractivity contribution in [3.63, 3.8) is 0 Å². The standard InChI is InChI=1S/C17H24N2OS2/c20-16(18-11-10-15-8-4-3-5-9-15)14-22-17(21)19-12-6-1-2-7-13-19/h3-5,8-9H,1-2,6-7,10-14H2,(H,18,20). The molecule has 1 fully saturated rings. The molecule has 0 unspecified atom stereocenters. The number of benzene rings is 1. The van der Waals surface area contributed by atoms with E-state index in [1.165, 1.54) is 43.0 Å². The van der Waals surface area contributed by atoms with E-state index < -0.39 is 0 Å². The molecule has 5 heteroatoms. The van der Waals surface area contributed by atoms with Crippen LogP contribution in [0.15, 0.2) is 30.3 Å². The Morgan fingerprint density at radius 1 is 1.14 bits per heavy atom. The highest BCUT2D eigenvalue weighted by molar-refractivity contribution is 8.23. The maximum atomic E-state index is 11.9. The highest BCUT2D eigenvalue weighted by Gasteiger charge is 2.13. The fourth-order valence-corrected chi connectivity index (χ4v) is 3.59. The molecule has 1 aliphatic rings. The summed E-state index contributed by atoms with van der Waals surface area (Å²) in [6.07, 6.45) is 5.88. The zero-order chi connectivity index (χ0) is 15.6. The highest BCUT2D eigenvalue weighted by Crippen LogP contribution is 2.15. The second-order valence-electron chi connectivity index (χ2n) is 5.54. The molecular formula is C17H24N2OS2. The number of thioether (sulfide) groups is 1. The fourth-order valence-electron chi connectivity index (χ4n) is 2.51. The van der Waals surface area contributed by atoms with Crippen molar-refractivity contribution in [2.24, 2.45) is 0 Å². The fraction of sp³-hybridized carbons (Fsp3) is 0.529. The van der Waals surface area contributed by atoms with E-state index in [2.05, 4.69) is 22.3 Å². The van der Waals surface area contributed by atoms with Gasteiger partial charge >= 0.3 is 0 Å². The van der Waals surface area contributed by atoms with Crippen molar-refractivity contribution < 1.29 is 4.79 Å². The molecular weight excluding hydrogens is 312 g/mol. The maximum Gasteiger partial charge on any atom is 0.230 e. The van der Waals surface area contributed by atoms with Crippen molar-refractivity contribution in [1.29, 1.82) is 0 Å². The summed E-state index contributed by atoms with van der Waals surface area (Å²) in [5, 5.41) is 2.96. The number of thiocarbonyl (C=S) groups is 1. The lowest BCUT2D eigenvalue weighted by atomic mass is 10.1. The summed E-state index contributed by atoms with van der Waals surface area (Å²) in [6.45, 7) is 2.77. The molecule has 0 bridgehead atoms. The van der Waals surface area contributed by atoms with Crippen LogP contribution in [0.4, 0.5) is 0 Å². The first-order chi connectivity index (χ1) is 10.8. The topological polar surface area (TPSA) is 32.3 Å². The number of nitrogens with zero attached hydrogens (tertiary/aromatic N) is 1. The lowest BCUT2D eigenvalue weighted by Crippen LogP contribution is -2.31. The molecule has 1 aliphatic heterocycles. The van der Waals surface area contributed by atoms with Gasteiger partial charge < -0.3 is 10.2 Å². The van der Waals surface area contributed by atoms with Crippen LogP contribution in [-0.2, 0) is 11.2 Å². The SMILES string of the molecule is O=C(CSC(=S)N1CCCCCC1)NCCc1ccccc1. The minimum atomic E-state index is 0.0677. The Morgan fingerprint density at radius 2 is 1.82 bits per heavy atom. The van der Waals surface area contributed by atoms with E-state index in [0.717, 1.165) is 23.8 Å². The van der Waals surface area contributed by atoms with Crippen LogP contribution in [0.3, 0.4) is 0 Å². The second-order valence-corrected chi connectivity index (χ2v) is 7.15. The van der Waals surface area contributed by atoms with Gasteiger partial charge in [-0.1, -0.05) is 67.2 Å². The lowest BCUT2D eigenvalue weighted by molar-refractivity contribution is -0.118. The van der Waals surface area contributed by atoms with Crippen LogP contribution in [0.1, 0.15) is 31.2 Å². The van der Waals surface area contributed by atoms with Gasteiger partial charge in [-0.2, -0.15) is 0 Å². The summed E-state index contributed by atoms with van der Waals surface area (Å²) in [7, 11) is 0. The molecule has 22 heavy (non-hydrogen) atoms. The third-order valence-electron chi connectivity index (χ3n) is 3.77. The molecule has 1 aromatic rings. The average Bonchev–Trinajstić information content (AvgIpc) is 2.83. The number of amides is 1. The zero-order valence-electron chi connectivity index (χ0n) is 12.9. The minimum absolute atomic E-state index is 0.0677. The molecule has 0 aliphatic carbocycles. The first-order valence-electron chi connectivity index (χ1n) is 7.98. The van der Waals surface area contributed by atoms with E-state index in [4.69, 9.17) is 12.2 Å². The number of likely N-dealkylation sites (tertiary alicyclic amines) is 1. The van der Waals surface area contributed by atoms with Crippen LogP contribution in [0.2, 0.25) is 0 Å². The number of rotatable bonds is 5. The van der Waals surface area contributed by atoms with Crippen LogP contribution >= 0.6 is 24.0 Å². The van der Waals surface area contributed by atoms with Crippen molar-refractivity contribution in [1.82, 2.24) is 10.2 Å². The van der Waals surface area contributed by atoms with E-state index in [1.54, 1.807) is 0 Å². The van der Waals surface area contributed by atoms with Gasteiger partial charge in [0.25, 0.3) is 0 Å². The van der Waals surface area contributed by atoms with Gasteiger partial charge in [0.1, 0.15) is 4.32 Å². The van der Waals surface area contributed by atoms with Crippen LogP contribution in [0.5, 0.6) is 0 Å². The number of carbonyl (C=O) groups is 1. The molecule has 0 radical (unpaired) electrons.